The number of nitrogens with zero attached hydrogens (tertiary/aromatic N) is 3. The Morgan fingerprint density at radius 2 is 1.89 bits per heavy atom. The number of hydrogen-bond acceptors (Lipinski definition) is 4. The second kappa shape index (κ2) is 5.69. The summed E-state index contributed by atoms with van der Waals surface area (Å²) in [6.45, 7) is 6.28. The zero-order valence-corrected chi connectivity index (χ0v) is 11.9. The highest BCUT2D eigenvalue weighted by atomic mass is 15.2. The third-order valence-corrected chi connectivity index (χ3v) is 2.91. The van der Waals surface area contributed by atoms with Crippen LogP contribution in [0.5, 0.6) is 0 Å². The number of aromatic nitrogens is 2. The van der Waals surface area contributed by atoms with Gasteiger partial charge < -0.3 is 10.2 Å². The molecule has 0 fully saturated rings. The van der Waals surface area contributed by atoms with Crippen molar-refractivity contribution in [1.29, 1.82) is 0 Å². The van der Waals surface area contributed by atoms with Crippen LogP contribution in [0.25, 0.3) is 0 Å². The zero-order valence-electron chi connectivity index (χ0n) is 11.9. The first-order chi connectivity index (χ1) is 9.08. The van der Waals surface area contributed by atoms with Crippen LogP contribution in [0.15, 0.2) is 36.7 Å². The predicted octanol–water partition coefficient (Wildman–Crippen LogP) is 3.37. The molecule has 0 bridgehead atoms. The van der Waals surface area contributed by atoms with Gasteiger partial charge in [-0.1, -0.05) is 18.2 Å². The normalized spacial score (nSPS) is 10.6. The molecule has 0 atom stereocenters. The highest BCUT2D eigenvalue weighted by molar-refractivity contribution is 5.64. The summed E-state index contributed by atoms with van der Waals surface area (Å²) >= 11 is 0. The monoisotopic (exact) mass is 256 g/mol. The minimum Gasteiger partial charge on any atom is -0.368 e. The fourth-order valence-electron chi connectivity index (χ4n) is 1.97. The van der Waals surface area contributed by atoms with E-state index in [0.29, 0.717) is 6.04 Å². The lowest BCUT2D eigenvalue weighted by atomic mass is 10.2. The van der Waals surface area contributed by atoms with Crippen molar-refractivity contribution in [2.24, 2.45) is 0 Å². The van der Waals surface area contributed by atoms with Gasteiger partial charge in [-0.25, -0.2) is 9.97 Å². The minimum absolute atomic E-state index is 0.353. The second-order valence-electron chi connectivity index (χ2n) is 4.91. The van der Waals surface area contributed by atoms with Crippen molar-refractivity contribution < 1.29 is 0 Å². The molecule has 1 aromatic heterocycles. The van der Waals surface area contributed by atoms with Crippen molar-refractivity contribution in [2.45, 2.75) is 26.8 Å². The van der Waals surface area contributed by atoms with Gasteiger partial charge in [-0.15, -0.1) is 0 Å². The summed E-state index contributed by atoms with van der Waals surface area (Å²) in [7, 11) is 2.02. The molecular weight excluding hydrogens is 236 g/mol. The van der Waals surface area contributed by atoms with Gasteiger partial charge in [0.15, 0.2) is 0 Å². The molecule has 0 saturated carbocycles. The van der Waals surface area contributed by atoms with Crippen LogP contribution in [0.2, 0.25) is 0 Å². The molecule has 0 spiro atoms. The number of rotatable bonds is 4. The van der Waals surface area contributed by atoms with E-state index in [4.69, 9.17) is 0 Å². The van der Waals surface area contributed by atoms with Crippen molar-refractivity contribution >= 4 is 17.3 Å². The number of hydrogen-bond donors (Lipinski definition) is 1. The molecular formula is C15H20N4. The Morgan fingerprint density at radius 3 is 2.58 bits per heavy atom. The minimum atomic E-state index is 0.353. The molecule has 0 aliphatic carbocycles. The number of benzene rings is 1. The van der Waals surface area contributed by atoms with Crippen molar-refractivity contribution in [3.05, 3.63) is 42.2 Å². The van der Waals surface area contributed by atoms with Gasteiger partial charge >= 0.3 is 0 Å². The van der Waals surface area contributed by atoms with Crippen LogP contribution in [0.3, 0.4) is 0 Å². The molecule has 0 aliphatic rings. The molecule has 1 heterocycles. The van der Waals surface area contributed by atoms with E-state index in [0.717, 1.165) is 17.3 Å². The zero-order chi connectivity index (χ0) is 13.8. The smallest absolute Gasteiger partial charge is 0.138 e. The Bertz CT molecular complexity index is 551. The molecule has 0 saturated heterocycles. The maximum atomic E-state index is 4.34. The van der Waals surface area contributed by atoms with Crippen molar-refractivity contribution in [2.75, 3.05) is 17.3 Å². The lowest BCUT2D eigenvalue weighted by Crippen LogP contribution is -2.15. The molecule has 2 aromatic rings. The standard InChI is InChI=1S/C15H20N4/c1-11(2)18-14-9-15(17-10-16-14)19(4)13-8-6-5-7-12(13)3/h5-11H,1-4H3,(H,16,17,18). The Labute approximate surface area is 114 Å². The van der Waals surface area contributed by atoms with Gasteiger partial charge in [0.25, 0.3) is 0 Å². The SMILES string of the molecule is Cc1ccccc1N(C)c1cc(NC(C)C)ncn1. The molecule has 0 amide bonds. The molecule has 19 heavy (non-hydrogen) atoms. The van der Waals surface area contributed by atoms with E-state index in [-0.39, 0.29) is 0 Å². The van der Waals surface area contributed by atoms with Crippen LogP contribution in [0.4, 0.5) is 17.3 Å². The van der Waals surface area contributed by atoms with Crippen LogP contribution < -0.4 is 10.2 Å². The number of para-hydroxylation sites is 1. The first kappa shape index (κ1) is 13.3. The maximum Gasteiger partial charge on any atom is 0.138 e. The number of anilines is 3. The van der Waals surface area contributed by atoms with E-state index >= 15 is 0 Å². The van der Waals surface area contributed by atoms with Crippen molar-refractivity contribution in [3.8, 4) is 0 Å². The first-order valence-electron chi connectivity index (χ1n) is 6.46. The lowest BCUT2D eigenvalue weighted by molar-refractivity contribution is 0.885. The molecule has 4 nitrogen and oxygen atoms in total. The average Bonchev–Trinajstić information content (AvgIpc) is 2.38. The Hall–Kier alpha value is -2.10. The van der Waals surface area contributed by atoms with Crippen molar-refractivity contribution in [3.63, 3.8) is 0 Å². The van der Waals surface area contributed by atoms with E-state index in [1.165, 1.54) is 5.56 Å². The third kappa shape index (κ3) is 3.22. The summed E-state index contributed by atoms with van der Waals surface area (Å²) in [5.74, 6) is 1.73. The summed E-state index contributed by atoms with van der Waals surface area (Å²) in [6, 6.07) is 10.6. The van der Waals surface area contributed by atoms with Gasteiger partial charge in [0.1, 0.15) is 18.0 Å². The fraction of sp³-hybridized carbons (Fsp3) is 0.333. The van der Waals surface area contributed by atoms with E-state index in [1.54, 1.807) is 6.33 Å². The predicted molar refractivity (Wildman–Crippen MR) is 80.0 cm³/mol. The van der Waals surface area contributed by atoms with Gasteiger partial charge in [0, 0.05) is 24.8 Å². The van der Waals surface area contributed by atoms with Gasteiger partial charge in [0.2, 0.25) is 0 Å². The number of nitrogens with one attached hydrogen (secondary N) is 1. The first-order valence-corrected chi connectivity index (χ1v) is 6.46. The van der Waals surface area contributed by atoms with Crippen LogP contribution in [0, 0.1) is 6.92 Å². The molecule has 1 N–H and O–H groups in total. The summed E-state index contributed by atoms with van der Waals surface area (Å²) in [5, 5.41) is 3.29. The molecule has 1 aromatic carbocycles. The van der Waals surface area contributed by atoms with Crippen LogP contribution in [-0.2, 0) is 0 Å². The summed E-state index contributed by atoms with van der Waals surface area (Å²) < 4.78 is 0. The Kier molecular flexibility index (Phi) is 4.00. The van der Waals surface area contributed by atoms with Gasteiger partial charge in [0.05, 0.1) is 0 Å². The molecule has 0 radical (unpaired) electrons. The Morgan fingerprint density at radius 1 is 1.16 bits per heavy atom. The van der Waals surface area contributed by atoms with Gasteiger partial charge in [-0.05, 0) is 32.4 Å². The average molecular weight is 256 g/mol. The van der Waals surface area contributed by atoms with E-state index in [1.807, 2.05) is 25.2 Å². The lowest BCUT2D eigenvalue weighted by Gasteiger charge is -2.21. The molecule has 100 valence electrons. The Balaban J connectivity index is 2.29. The van der Waals surface area contributed by atoms with E-state index in [2.05, 4.69) is 53.1 Å². The molecule has 0 aliphatic heterocycles. The van der Waals surface area contributed by atoms with Gasteiger partial charge in [-0.3, -0.25) is 0 Å². The second-order valence-corrected chi connectivity index (χ2v) is 4.91. The largest absolute Gasteiger partial charge is 0.368 e. The van der Waals surface area contributed by atoms with Gasteiger partial charge in [-0.2, -0.15) is 0 Å². The number of aryl methyl sites for hydroxylation is 1. The maximum absolute atomic E-state index is 4.34. The highest BCUT2D eigenvalue weighted by Gasteiger charge is 2.09. The topological polar surface area (TPSA) is 41.0 Å². The quantitative estimate of drug-likeness (QED) is 0.910. The summed E-state index contributed by atoms with van der Waals surface area (Å²) in [4.78, 5) is 10.6. The van der Waals surface area contributed by atoms with Crippen molar-refractivity contribution in [1.82, 2.24) is 9.97 Å². The third-order valence-electron chi connectivity index (χ3n) is 2.91. The van der Waals surface area contributed by atoms with E-state index < -0.39 is 0 Å². The fourth-order valence-corrected chi connectivity index (χ4v) is 1.97. The summed E-state index contributed by atoms with van der Waals surface area (Å²) in [5.41, 5.74) is 2.37. The summed E-state index contributed by atoms with van der Waals surface area (Å²) in [6.07, 6.45) is 1.59. The molecule has 0 unspecified atom stereocenters. The van der Waals surface area contributed by atoms with Crippen LogP contribution >= 0.6 is 0 Å². The molecule has 4 heteroatoms. The molecule has 2 rings (SSSR count). The van der Waals surface area contributed by atoms with E-state index in [9.17, 15) is 0 Å². The van der Waals surface area contributed by atoms with Crippen LogP contribution in [-0.4, -0.2) is 23.1 Å². The highest BCUT2D eigenvalue weighted by Crippen LogP contribution is 2.25. The van der Waals surface area contributed by atoms with Crippen LogP contribution in [0.1, 0.15) is 19.4 Å².